The van der Waals surface area contributed by atoms with Gasteiger partial charge in [0.1, 0.15) is 29.5 Å². The van der Waals surface area contributed by atoms with Gasteiger partial charge in [-0.15, -0.1) is 0 Å². The Hall–Kier alpha value is -1.07. The molecule has 8 aliphatic rings. The van der Waals surface area contributed by atoms with Gasteiger partial charge in [-0.1, -0.05) is 52.5 Å². The molecule has 1 unspecified atom stereocenters. The van der Waals surface area contributed by atoms with Crippen molar-refractivity contribution in [2.75, 3.05) is 6.61 Å². The summed E-state index contributed by atoms with van der Waals surface area (Å²) in [6.07, 6.45) is 4.93. The lowest BCUT2D eigenvalue weighted by molar-refractivity contribution is -0.435. The van der Waals surface area contributed by atoms with Gasteiger partial charge in [-0.25, -0.2) is 4.79 Å². The number of aliphatic hydroxyl groups is 2. The average molecular weight is 547 g/mol. The van der Waals surface area contributed by atoms with Gasteiger partial charge >= 0.3 is 5.97 Å². The zero-order valence-electron chi connectivity index (χ0n) is 23.4. The van der Waals surface area contributed by atoms with Crippen LogP contribution in [0.2, 0.25) is 0 Å². The van der Waals surface area contributed by atoms with Crippen molar-refractivity contribution in [1.82, 2.24) is 0 Å². The SMILES string of the molecule is C=C(C)[C@]12C[C@@H](C)[C@]34O[C@]5(CCCCCCC[C@@H](C)[C@@H]6C3[C@]3(O[C@]6(C)OC3=O)[C@H](O)[C@@]3(CO)O[C@H]3[C@H]4[C@H]1O5)O2. The second kappa shape index (κ2) is 7.46. The van der Waals surface area contributed by atoms with Crippen molar-refractivity contribution in [2.45, 2.75) is 132 Å². The minimum Gasteiger partial charge on any atom is -0.431 e. The average Bonchev–Trinajstić information content (AvgIpc) is 3.39. The highest BCUT2D eigenvalue weighted by Crippen LogP contribution is 2.77. The maximum Gasteiger partial charge on any atom is 0.344 e. The van der Waals surface area contributed by atoms with Crippen LogP contribution in [-0.4, -0.2) is 75.3 Å². The lowest BCUT2D eigenvalue weighted by Gasteiger charge is -2.61. The normalized spacial score (nSPS) is 62.4. The maximum atomic E-state index is 14.0. The lowest BCUT2D eigenvalue weighted by Crippen LogP contribution is -2.75. The van der Waals surface area contributed by atoms with Gasteiger partial charge in [-0.05, 0) is 37.2 Å². The maximum absolute atomic E-state index is 14.0. The van der Waals surface area contributed by atoms with Crippen LogP contribution in [0.5, 0.6) is 0 Å². The minimum absolute atomic E-state index is 0.104. The summed E-state index contributed by atoms with van der Waals surface area (Å²) in [5, 5.41) is 22.9. The molecule has 0 amide bonds. The molecule has 0 aromatic heterocycles. The summed E-state index contributed by atoms with van der Waals surface area (Å²) in [7, 11) is 0. The first-order valence-electron chi connectivity index (χ1n) is 15.1. The molecule has 0 aromatic rings. The molecule has 0 radical (unpaired) electrons. The Morgan fingerprint density at radius 1 is 1.03 bits per heavy atom. The van der Waals surface area contributed by atoms with Crippen LogP contribution in [0.3, 0.4) is 0 Å². The molecule has 14 atom stereocenters. The number of hydrogen-bond donors (Lipinski definition) is 2. The molecule has 8 fully saturated rings. The van der Waals surface area contributed by atoms with Gasteiger partial charge < -0.3 is 38.6 Å². The van der Waals surface area contributed by atoms with Crippen molar-refractivity contribution >= 4 is 5.97 Å². The molecule has 6 saturated heterocycles. The first-order chi connectivity index (χ1) is 18.5. The van der Waals surface area contributed by atoms with E-state index < -0.39 is 76.9 Å². The van der Waals surface area contributed by atoms with E-state index in [4.69, 9.17) is 28.4 Å². The van der Waals surface area contributed by atoms with Gasteiger partial charge in [0.25, 0.3) is 5.97 Å². The van der Waals surface area contributed by atoms with E-state index in [9.17, 15) is 15.0 Å². The van der Waals surface area contributed by atoms with Crippen LogP contribution < -0.4 is 0 Å². The van der Waals surface area contributed by atoms with Crippen LogP contribution in [0.15, 0.2) is 12.2 Å². The molecule has 2 N–H and O–H groups in total. The van der Waals surface area contributed by atoms with E-state index in [1.165, 1.54) is 0 Å². The minimum atomic E-state index is -1.73. The number of hydrogen-bond acceptors (Lipinski definition) is 9. The summed E-state index contributed by atoms with van der Waals surface area (Å²) < 4.78 is 40.2. The molecule has 9 nitrogen and oxygen atoms in total. The second-order valence-electron chi connectivity index (χ2n) is 14.2. The fourth-order valence-corrected chi connectivity index (χ4v) is 10.7. The molecule has 39 heavy (non-hydrogen) atoms. The van der Waals surface area contributed by atoms with E-state index in [-0.39, 0.29) is 17.8 Å². The highest BCUT2D eigenvalue weighted by Gasteiger charge is 2.93. The van der Waals surface area contributed by atoms with Crippen LogP contribution in [0, 0.1) is 29.6 Å². The number of esters is 1. The smallest absolute Gasteiger partial charge is 0.344 e. The van der Waals surface area contributed by atoms with Gasteiger partial charge in [0, 0.05) is 31.1 Å². The number of epoxide rings is 1. The largest absolute Gasteiger partial charge is 0.431 e. The fourth-order valence-electron chi connectivity index (χ4n) is 10.7. The van der Waals surface area contributed by atoms with E-state index >= 15 is 0 Å². The first kappa shape index (κ1) is 25.6. The molecule has 0 aromatic carbocycles. The Kier molecular flexibility index (Phi) is 4.90. The molecular formula is C30H42O9. The van der Waals surface area contributed by atoms with Crippen LogP contribution in [-0.2, 0) is 33.2 Å². The Labute approximate surface area is 229 Å². The topological polar surface area (TPSA) is 116 Å². The van der Waals surface area contributed by atoms with Gasteiger partial charge in [-0.3, -0.25) is 0 Å². The Morgan fingerprint density at radius 3 is 2.51 bits per heavy atom. The Bertz CT molecular complexity index is 1140. The van der Waals surface area contributed by atoms with Gasteiger partial charge in [0.15, 0.2) is 0 Å². The molecule has 5 bridgehead atoms. The lowest BCUT2D eigenvalue weighted by atomic mass is 9.50. The fraction of sp³-hybridized carbons (Fsp3) is 0.900. The highest BCUT2D eigenvalue weighted by molar-refractivity contribution is 5.85. The van der Waals surface area contributed by atoms with E-state index in [2.05, 4.69) is 20.4 Å². The van der Waals surface area contributed by atoms with Crippen molar-refractivity contribution in [3.63, 3.8) is 0 Å². The highest BCUT2D eigenvalue weighted by atomic mass is 16.9. The molecule has 3 spiro atoms. The molecule has 6 aliphatic heterocycles. The van der Waals surface area contributed by atoms with E-state index in [0.29, 0.717) is 12.8 Å². The Morgan fingerprint density at radius 2 is 1.77 bits per heavy atom. The van der Waals surface area contributed by atoms with E-state index in [1.807, 2.05) is 13.8 Å². The molecule has 2 aliphatic carbocycles. The quantitative estimate of drug-likeness (QED) is 0.306. The molecule has 216 valence electrons. The van der Waals surface area contributed by atoms with Crippen LogP contribution in [0.1, 0.15) is 79.1 Å². The van der Waals surface area contributed by atoms with Crippen LogP contribution in [0.4, 0.5) is 0 Å². The van der Waals surface area contributed by atoms with Crippen molar-refractivity contribution in [3.05, 3.63) is 12.2 Å². The van der Waals surface area contributed by atoms with Crippen molar-refractivity contribution in [1.29, 1.82) is 0 Å². The molecule has 9 heteroatoms. The molecule has 8 rings (SSSR count). The standard InChI is InChI=1S/C30H42O9/c1-15(2)26-13-17(4)29-19-21(26)35-28(38-26,39-29)12-10-8-6-7-9-11-16(3)18-20(29)30(24(33)36-25(18,5)37-30)23(32)27(14-31)22(19)34-27/h16-23,31-32H,1,6-14H2,2-5H3/t16-,17-,18-,19-,20?,21-,22+,23-,25+,26-,27+,28+,29-,30+/m1/s1. The predicted molar refractivity (Wildman–Crippen MR) is 135 cm³/mol. The summed E-state index contributed by atoms with van der Waals surface area (Å²) >= 11 is 0. The first-order valence-corrected chi connectivity index (χ1v) is 15.1. The number of carbonyl (C=O) groups excluding carboxylic acids is 1. The van der Waals surface area contributed by atoms with Crippen molar-refractivity contribution in [2.24, 2.45) is 29.6 Å². The summed E-state index contributed by atoms with van der Waals surface area (Å²) in [6, 6.07) is 0. The number of aliphatic hydroxyl groups excluding tert-OH is 2. The third-order valence-corrected chi connectivity index (χ3v) is 12.3. The van der Waals surface area contributed by atoms with Crippen LogP contribution >= 0.6 is 0 Å². The summed E-state index contributed by atoms with van der Waals surface area (Å²) in [5.74, 6) is -4.22. The Balaban J connectivity index is 1.42. The van der Waals surface area contributed by atoms with E-state index in [1.54, 1.807) is 0 Å². The molecular weight excluding hydrogens is 504 g/mol. The van der Waals surface area contributed by atoms with Crippen molar-refractivity contribution < 1.29 is 43.4 Å². The zero-order valence-corrected chi connectivity index (χ0v) is 23.4. The number of fused-ring (bicyclic) bond motifs is 3. The van der Waals surface area contributed by atoms with Gasteiger partial charge in [0.05, 0.1) is 12.2 Å². The summed E-state index contributed by atoms with van der Waals surface area (Å²) in [4.78, 5) is 14.0. The second-order valence-corrected chi connectivity index (χ2v) is 14.2. The monoisotopic (exact) mass is 546 g/mol. The third-order valence-electron chi connectivity index (χ3n) is 12.3. The number of rotatable bonds is 2. The zero-order chi connectivity index (χ0) is 27.4. The number of carbonyl (C=O) groups is 1. The molecule has 2 saturated carbocycles. The van der Waals surface area contributed by atoms with Gasteiger partial charge in [0.2, 0.25) is 11.4 Å². The number of ether oxygens (including phenoxy) is 6. The molecule has 6 heterocycles. The van der Waals surface area contributed by atoms with Gasteiger partial charge in [-0.2, -0.15) is 0 Å². The summed E-state index contributed by atoms with van der Waals surface area (Å²) in [6.45, 7) is 12.1. The predicted octanol–water partition coefficient (Wildman–Crippen LogP) is 2.95. The van der Waals surface area contributed by atoms with Crippen LogP contribution in [0.25, 0.3) is 0 Å². The van der Waals surface area contributed by atoms with Crippen molar-refractivity contribution in [3.8, 4) is 0 Å². The third kappa shape index (κ3) is 2.63. The van der Waals surface area contributed by atoms with E-state index in [0.717, 1.165) is 44.1 Å². The summed E-state index contributed by atoms with van der Waals surface area (Å²) in [5.41, 5.74) is -4.00.